The van der Waals surface area contributed by atoms with Gasteiger partial charge in [-0.3, -0.25) is 0 Å². The number of rotatable bonds is 3. The number of benzene rings is 1. The van der Waals surface area contributed by atoms with E-state index in [-0.39, 0.29) is 4.34 Å². The molecule has 10 heteroatoms. The summed E-state index contributed by atoms with van der Waals surface area (Å²) < 4.78 is 30.8. The lowest BCUT2D eigenvalue weighted by atomic mass is 10.0. The quantitative estimate of drug-likeness (QED) is 0.539. The SMILES string of the molecule is O=S(=O)(c1nc2ccccc2s1)[C@@H]1O[C@H](CO)[C@H](O)[C@H](O)[C@H]1O. The van der Waals surface area contributed by atoms with Gasteiger partial charge in [-0.2, -0.15) is 0 Å². The van der Waals surface area contributed by atoms with Crippen molar-refractivity contribution >= 4 is 31.4 Å². The van der Waals surface area contributed by atoms with Gasteiger partial charge in [0.05, 0.1) is 16.8 Å². The average molecular weight is 361 g/mol. The highest BCUT2D eigenvalue weighted by atomic mass is 32.2. The van der Waals surface area contributed by atoms with E-state index in [4.69, 9.17) is 9.84 Å². The van der Waals surface area contributed by atoms with Crippen LogP contribution in [0.25, 0.3) is 10.2 Å². The summed E-state index contributed by atoms with van der Waals surface area (Å²) in [7, 11) is -4.22. The van der Waals surface area contributed by atoms with Crippen molar-refractivity contribution in [3.63, 3.8) is 0 Å². The highest BCUT2D eigenvalue weighted by Crippen LogP contribution is 2.32. The van der Waals surface area contributed by atoms with Gasteiger partial charge in [0, 0.05) is 0 Å². The third kappa shape index (κ3) is 2.76. The number of aliphatic hydroxyl groups is 4. The van der Waals surface area contributed by atoms with E-state index in [9.17, 15) is 23.7 Å². The van der Waals surface area contributed by atoms with Gasteiger partial charge in [-0.05, 0) is 12.1 Å². The van der Waals surface area contributed by atoms with E-state index >= 15 is 0 Å². The van der Waals surface area contributed by atoms with Gasteiger partial charge in [0.25, 0.3) is 0 Å². The molecule has 1 saturated heterocycles. The molecule has 1 fully saturated rings. The Morgan fingerprint density at radius 2 is 1.83 bits per heavy atom. The molecule has 1 aliphatic heterocycles. The van der Waals surface area contributed by atoms with Gasteiger partial charge >= 0.3 is 0 Å². The summed E-state index contributed by atoms with van der Waals surface area (Å²) in [6.07, 6.45) is -6.51. The van der Waals surface area contributed by atoms with Gasteiger partial charge in [-0.25, -0.2) is 13.4 Å². The summed E-state index contributed by atoms with van der Waals surface area (Å²) in [4.78, 5) is 4.02. The van der Waals surface area contributed by atoms with Crippen LogP contribution in [0.1, 0.15) is 0 Å². The average Bonchev–Trinajstić information content (AvgIpc) is 2.97. The van der Waals surface area contributed by atoms with Crippen LogP contribution in [0.5, 0.6) is 0 Å². The van der Waals surface area contributed by atoms with Crippen molar-refractivity contribution < 1.29 is 33.6 Å². The fourth-order valence-corrected chi connectivity index (χ4v) is 5.35. The number of nitrogens with zero attached hydrogens (tertiary/aromatic N) is 1. The second kappa shape index (κ2) is 6.06. The van der Waals surface area contributed by atoms with Gasteiger partial charge in [0.1, 0.15) is 24.4 Å². The van der Waals surface area contributed by atoms with Crippen LogP contribution in [0.2, 0.25) is 0 Å². The van der Waals surface area contributed by atoms with E-state index in [0.717, 1.165) is 11.3 Å². The minimum Gasteiger partial charge on any atom is -0.394 e. The minimum atomic E-state index is -4.22. The number of thiazole rings is 1. The molecule has 0 unspecified atom stereocenters. The number of aliphatic hydroxyl groups excluding tert-OH is 4. The first kappa shape index (κ1) is 16.7. The summed E-state index contributed by atoms with van der Waals surface area (Å²) in [5.41, 5.74) is -1.33. The van der Waals surface area contributed by atoms with Crippen LogP contribution in [0, 0.1) is 0 Å². The fraction of sp³-hybridized carbons (Fsp3) is 0.462. The van der Waals surface area contributed by atoms with Crippen LogP contribution in [0.3, 0.4) is 0 Å². The van der Waals surface area contributed by atoms with E-state index in [0.29, 0.717) is 10.2 Å². The van der Waals surface area contributed by atoms with Gasteiger partial charge in [-0.15, -0.1) is 11.3 Å². The molecule has 2 heterocycles. The molecule has 0 saturated carbocycles. The second-order valence-electron chi connectivity index (χ2n) is 5.19. The van der Waals surface area contributed by atoms with Gasteiger partial charge < -0.3 is 25.2 Å². The van der Waals surface area contributed by atoms with Crippen molar-refractivity contribution in [1.29, 1.82) is 0 Å². The van der Waals surface area contributed by atoms with Crippen LogP contribution in [-0.2, 0) is 14.6 Å². The summed E-state index contributed by atoms with van der Waals surface area (Å²) in [6.45, 7) is -0.698. The molecule has 23 heavy (non-hydrogen) atoms. The van der Waals surface area contributed by atoms with E-state index in [1.54, 1.807) is 24.3 Å². The summed E-state index contributed by atoms with van der Waals surface area (Å²) in [5, 5.41) is 38.6. The number of aromatic nitrogens is 1. The van der Waals surface area contributed by atoms with Crippen LogP contribution in [0.15, 0.2) is 28.6 Å². The van der Waals surface area contributed by atoms with Gasteiger partial charge in [0.2, 0.25) is 14.2 Å². The van der Waals surface area contributed by atoms with Crippen molar-refractivity contribution in [3.8, 4) is 0 Å². The van der Waals surface area contributed by atoms with Crippen molar-refractivity contribution in [1.82, 2.24) is 4.98 Å². The summed E-state index contributed by atoms with van der Waals surface area (Å²) >= 11 is 0.914. The number of sulfone groups is 1. The lowest BCUT2D eigenvalue weighted by Crippen LogP contribution is -2.60. The Bertz CT molecular complexity index is 771. The fourth-order valence-electron chi connectivity index (χ4n) is 2.40. The van der Waals surface area contributed by atoms with Crippen LogP contribution < -0.4 is 0 Å². The Labute approximate surface area is 135 Å². The standard InChI is InChI=1S/C13H15NO7S2/c15-5-7-9(16)10(17)11(18)12(21-7)23(19,20)13-14-6-3-1-2-4-8(6)22-13/h1-4,7,9-12,15-18H,5H2/t7-,9+,10+,11-,12+/m1/s1. The lowest BCUT2D eigenvalue weighted by Gasteiger charge is -2.39. The third-order valence-corrected chi connectivity index (χ3v) is 7.03. The first-order valence-corrected chi connectivity index (χ1v) is 9.12. The molecule has 1 aromatic carbocycles. The molecule has 0 spiro atoms. The molecule has 0 bridgehead atoms. The number of hydrogen-bond acceptors (Lipinski definition) is 9. The zero-order valence-corrected chi connectivity index (χ0v) is 13.3. The zero-order valence-electron chi connectivity index (χ0n) is 11.7. The normalized spacial score (nSPS) is 32.3. The van der Waals surface area contributed by atoms with Crippen molar-refractivity contribution in [3.05, 3.63) is 24.3 Å². The highest BCUT2D eigenvalue weighted by molar-refractivity contribution is 7.94. The first-order chi connectivity index (χ1) is 10.9. The molecule has 8 nitrogen and oxygen atoms in total. The topological polar surface area (TPSA) is 137 Å². The molecule has 3 rings (SSSR count). The van der Waals surface area contributed by atoms with Crippen LogP contribution >= 0.6 is 11.3 Å². The molecule has 126 valence electrons. The molecule has 2 aromatic rings. The maximum absolute atomic E-state index is 12.7. The van der Waals surface area contributed by atoms with Crippen LogP contribution in [0.4, 0.5) is 0 Å². The molecule has 1 aromatic heterocycles. The molecular formula is C13H15NO7S2. The number of hydrogen-bond donors (Lipinski definition) is 4. The van der Waals surface area contributed by atoms with Gasteiger partial charge in [-0.1, -0.05) is 12.1 Å². The summed E-state index contributed by atoms with van der Waals surface area (Å²) in [5.74, 6) is 0. The van der Waals surface area contributed by atoms with E-state index < -0.39 is 46.3 Å². The number of fused-ring (bicyclic) bond motifs is 1. The Morgan fingerprint density at radius 3 is 2.48 bits per heavy atom. The number of ether oxygens (including phenoxy) is 1. The van der Waals surface area contributed by atoms with Crippen molar-refractivity contribution in [2.24, 2.45) is 0 Å². The maximum atomic E-state index is 12.7. The van der Waals surface area contributed by atoms with E-state index in [1.165, 1.54) is 0 Å². The largest absolute Gasteiger partial charge is 0.394 e. The zero-order chi connectivity index (χ0) is 16.8. The predicted octanol–water partition coefficient (Wildman–Crippen LogP) is -1.13. The molecule has 0 aliphatic carbocycles. The Balaban J connectivity index is 2.00. The Morgan fingerprint density at radius 1 is 1.13 bits per heavy atom. The molecule has 4 N–H and O–H groups in total. The molecular weight excluding hydrogens is 346 g/mol. The Kier molecular flexibility index (Phi) is 4.40. The first-order valence-electron chi connectivity index (χ1n) is 6.76. The predicted molar refractivity (Wildman–Crippen MR) is 80.6 cm³/mol. The van der Waals surface area contributed by atoms with Crippen molar-refractivity contribution in [2.75, 3.05) is 6.61 Å². The molecule has 1 aliphatic rings. The van der Waals surface area contributed by atoms with E-state index in [1.807, 2.05) is 0 Å². The molecule has 0 radical (unpaired) electrons. The molecule has 0 amide bonds. The van der Waals surface area contributed by atoms with Crippen LogP contribution in [-0.4, -0.2) is 70.3 Å². The minimum absolute atomic E-state index is 0.261. The van der Waals surface area contributed by atoms with Gasteiger partial charge in [0.15, 0.2) is 5.44 Å². The van der Waals surface area contributed by atoms with E-state index in [2.05, 4.69) is 4.98 Å². The number of para-hydroxylation sites is 1. The van der Waals surface area contributed by atoms with Crippen molar-refractivity contribution in [2.45, 2.75) is 34.2 Å². The monoisotopic (exact) mass is 361 g/mol. The summed E-state index contributed by atoms with van der Waals surface area (Å²) in [6, 6.07) is 6.81. The lowest BCUT2D eigenvalue weighted by molar-refractivity contribution is -0.207. The second-order valence-corrected chi connectivity index (χ2v) is 8.42. The highest BCUT2D eigenvalue weighted by Gasteiger charge is 2.50. The Hall–Kier alpha value is -1.14. The smallest absolute Gasteiger partial charge is 0.234 e. The third-order valence-electron chi connectivity index (χ3n) is 3.67. The molecule has 5 atom stereocenters. The maximum Gasteiger partial charge on any atom is 0.234 e.